The molecule has 0 aromatic heterocycles. The first-order chi connectivity index (χ1) is 14.8. The summed E-state index contributed by atoms with van der Waals surface area (Å²) in [6, 6.07) is 0.562. The van der Waals surface area contributed by atoms with Gasteiger partial charge in [0.25, 0.3) is 0 Å². The van der Waals surface area contributed by atoms with Crippen LogP contribution < -0.4 is 11.5 Å². The predicted molar refractivity (Wildman–Crippen MR) is 112 cm³/mol. The second kappa shape index (κ2) is 14.1. The molecule has 4 atom stereocenters. The molecule has 2 heterocycles. The fourth-order valence-corrected chi connectivity index (χ4v) is 3.21. The van der Waals surface area contributed by atoms with Gasteiger partial charge in [0.2, 0.25) is 0 Å². The number of carbonyl (C=O) groups excluding carboxylic acids is 6. The van der Waals surface area contributed by atoms with Crippen LogP contribution >= 0.6 is 0 Å². The van der Waals surface area contributed by atoms with Gasteiger partial charge in [-0.3, -0.25) is 28.8 Å². The molecule has 1 saturated carbocycles. The van der Waals surface area contributed by atoms with Gasteiger partial charge in [-0.05, 0) is 40.5 Å². The quantitative estimate of drug-likeness (QED) is 0.321. The van der Waals surface area contributed by atoms with Crippen molar-refractivity contribution in [3.8, 4) is 0 Å². The summed E-state index contributed by atoms with van der Waals surface area (Å²) >= 11 is 0. The zero-order valence-electron chi connectivity index (χ0n) is 19.0. The van der Waals surface area contributed by atoms with E-state index in [9.17, 15) is 28.8 Å². The summed E-state index contributed by atoms with van der Waals surface area (Å²) in [7, 11) is 0. The fraction of sp³-hybridized carbons (Fsp3) is 0.545. The molecule has 0 amide bonds. The molecular formula is C22H30N2O8Pt. The van der Waals surface area contributed by atoms with E-state index in [0.717, 1.165) is 25.0 Å². The van der Waals surface area contributed by atoms with E-state index in [4.69, 9.17) is 11.5 Å². The Bertz CT molecular complexity index is 794. The molecule has 186 valence electrons. The van der Waals surface area contributed by atoms with Crippen LogP contribution in [0.3, 0.4) is 0 Å². The maximum Gasteiger partial charge on any atom is 0.329 e. The van der Waals surface area contributed by atoms with Gasteiger partial charge in [-0.1, -0.05) is 12.8 Å². The van der Waals surface area contributed by atoms with Crippen LogP contribution in [0.5, 0.6) is 0 Å². The van der Waals surface area contributed by atoms with Crippen LogP contribution in [-0.2, 0) is 59.3 Å². The molecular weight excluding hydrogens is 615 g/mol. The summed E-state index contributed by atoms with van der Waals surface area (Å²) in [5.74, 6) is -5.48. The number of carbonyl (C=O) groups is 6. The number of cyclic esters (lactones) is 2. The molecule has 10 nitrogen and oxygen atoms in total. The Morgan fingerprint density at radius 2 is 1.06 bits per heavy atom. The van der Waals surface area contributed by atoms with Gasteiger partial charge in [0.15, 0.2) is 35.0 Å². The van der Waals surface area contributed by atoms with E-state index < -0.39 is 46.9 Å². The average Bonchev–Trinajstić information content (AvgIpc) is 2.63. The second-order valence-corrected chi connectivity index (χ2v) is 7.86. The smallest absolute Gasteiger partial charge is 0.329 e. The van der Waals surface area contributed by atoms with Crippen LogP contribution in [0.4, 0.5) is 0 Å². The molecule has 2 unspecified atom stereocenters. The largest absolute Gasteiger partial charge is 0.430 e. The third kappa shape index (κ3) is 9.61. The molecule has 0 radical (unpaired) electrons. The van der Waals surface area contributed by atoms with E-state index in [-0.39, 0.29) is 44.7 Å². The van der Waals surface area contributed by atoms with Crippen LogP contribution in [0.25, 0.3) is 0 Å². The summed E-state index contributed by atoms with van der Waals surface area (Å²) in [6.45, 7) is 5.37. The number of allylic oxidation sites excluding steroid dienone is 4. The van der Waals surface area contributed by atoms with Crippen LogP contribution in [0, 0.1) is 11.8 Å². The number of hydrogen-bond donors (Lipinski definition) is 2. The molecule has 1 aliphatic carbocycles. The van der Waals surface area contributed by atoms with Crippen molar-refractivity contribution in [3.05, 3.63) is 23.7 Å². The minimum atomic E-state index is -1.24. The fourth-order valence-electron chi connectivity index (χ4n) is 3.21. The molecule has 3 aliphatic rings. The number of Topliss-reactive ketones (excluding diaryl/α,β-unsaturated/α-hetero) is 2. The van der Waals surface area contributed by atoms with Gasteiger partial charge in [0, 0.05) is 45.3 Å². The van der Waals surface area contributed by atoms with Crippen molar-refractivity contribution in [2.45, 2.75) is 65.5 Å². The number of esters is 2. The first-order valence-corrected chi connectivity index (χ1v) is 10.2. The van der Waals surface area contributed by atoms with E-state index in [1.165, 1.54) is 40.5 Å². The Kier molecular flexibility index (Phi) is 13.1. The molecule has 2 aliphatic heterocycles. The minimum Gasteiger partial charge on any atom is -0.430 e. The summed E-state index contributed by atoms with van der Waals surface area (Å²) in [6.07, 6.45) is 7.12. The number of rotatable bonds is 2. The van der Waals surface area contributed by atoms with Gasteiger partial charge >= 0.3 is 11.9 Å². The number of ketones is 4. The van der Waals surface area contributed by atoms with Crippen LogP contribution in [0.15, 0.2) is 23.7 Å². The van der Waals surface area contributed by atoms with E-state index >= 15 is 0 Å². The van der Waals surface area contributed by atoms with Gasteiger partial charge in [0.05, 0.1) is 0 Å². The number of nitrogens with two attached hydrogens (primary N) is 2. The molecule has 33 heavy (non-hydrogen) atoms. The van der Waals surface area contributed by atoms with Crippen molar-refractivity contribution in [2.24, 2.45) is 23.3 Å². The van der Waals surface area contributed by atoms with Crippen molar-refractivity contribution < 1.29 is 59.3 Å². The molecule has 0 aromatic carbocycles. The standard InChI is InChI=1S/2C8H8O4.C6H14N2.Pt/c2*1-4-3-6(10)7(5(2)9)8(11)12-4;7-5-3-1-2-4-6(5)8;/h2*3,7H,1-2H3;5-6H,1-4,7-8H2;/t;;5-,6-;/m..1./s1. The maximum absolute atomic E-state index is 11.1. The van der Waals surface area contributed by atoms with Gasteiger partial charge in [-0.15, -0.1) is 0 Å². The first kappa shape index (κ1) is 30.7. The van der Waals surface area contributed by atoms with Crippen molar-refractivity contribution in [1.29, 1.82) is 0 Å². The third-order valence-electron chi connectivity index (χ3n) is 4.94. The zero-order chi connectivity index (χ0) is 24.6. The normalized spacial score (nSPS) is 26.5. The van der Waals surface area contributed by atoms with Crippen LogP contribution in [-0.4, -0.2) is 47.2 Å². The SMILES string of the molecule is CC(=O)C1C(=O)C=C(C)OC1=O.CC(=O)C1C(=O)C=C(C)OC1=O.N[C@@H]1CCCC[C@H]1N.[Pt]. The van der Waals surface area contributed by atoms with E-state index in [2.05, 4.69) is 9.47 Å². The first-order valence-electron chi connectivity index (χ1n) is 10.2. The molecule has 4 N–H and O–H groups in total. The van der Waals surface area contributed by atoms with Gasteiger partial charge in [-0.2, -0.15) is 0 Å². The molecule has 3 rings (SSSR count). The second-order valence-electron chi connectivity index (χ2n) is 7.86. The van der Waals surface area contributed by atoms with Crippen molar-refractivity contribution >= 4 is 35.1 Å². The predicted octanol–water partition coefficient (Wildman–Crippen LogP) is 0.655. The maximum atomic E-state index is 11.1. The Morgan fingerprint density at radius 3 is 1.27 bits per heavy atom. The van der Waals surface area contributed by atoms with Gasteiger partial charge in [-0.25, -0.2) is 0 Å². The summed E-state index contributed by atoms with van der Waals surface area (Å²) in [5.41, 5.74) is 11.3. The van der Waals surface area contributed by atoms with E-state index in [0.29, 0.717) is 0 Å². The number of hydrogen-bond acceptors (Lipinski definition) is 10. The van der Waals surface area contributed by atoms with Crippen LogP contribution in [0.1, 0.15) is 53.4 Å². The summed E-state index contributed by atoms with van der Waals surface area (Å²) < 4.78 is 9.22. The van der Waals surface area contributed by atoms with Crippen molar-refractivity contribution in [3.63, 3.8) is 0 Å². The van der Waals surface area contributed by atoms with E-state index in [1.54, 1.807) is 0 Å². The van der Waals surface area contributed by atoms with Gasteiger partial charge < -0.3 is 20.9 Å². The Morgan fingerprint density at radius 1 is 0.758 bits per heavy atom. The van der Waals surface area contributed by atoms with Crippen LogP contribution in [0.2, 0.25) is 0 Å². The Hall–Kier alpha value is -2.29. The Balaban J connectivity index is 0.000000468. The third-order valence-corrected chi connectivity index (χ3v) is 4.94. The monoisotopic (exact) mass is 645 g/mol. The molecule has 0 spiro atoms. The molecule has 0 bridgehead atoms. The molecule has 0 saturated heterocycles. The molecule has 0 aromatic rings. The van der Waals surface area contributed by atoms with Crippen molar-refractivity contribution in [2.75, 3.05) is 0 Å². The van der Waals surface area contributed by atoms with Crippen molar-refractivity contribution in [1.82, 2.24) is 0 Å². The zero-order valence-corrected chi connectivity index (χ0v) is 21.3. The molecule has 1 fully saturated rings. The minimum absolute atomic E-state index is 0. The molecule has 11 heteroatoms. The van der Waals surface area contributed by atoms with E-state index in [1.807, 2.05) is 0 Å². The van der Waals surface area contributed by atoms with Gasteiger partial charge in [0.1, 0.15) is 11.5 Å². The summed E-state index contributed by atoms with van der Waals surface area (Å²) in [4.78, 5) is 65.6. The Labute approximate surface area is 206 Å². The topological polar surface area (TPSA) is 173 Å². The summed E-state index contributed by atoms with van der Waals surface area (Å²) in [5, 5.41) is 0. The average molecular weight is 646 g/mol. The number of ether oxygens (including phenoxy) is 2.